The van der Waals surface area contributed by atoms with E-state index in [-0.39, 0.29) is 23.6 Å². The lowest BCUT2D eigenvalue weighted by Crippen LogP contribution is -2.14. The second-order valence-electron chi connectivity index (χ2n) is 10.4. The molecule has 0 spiro atoms. The van der Waals surface area contributed by atoms with Gasteiger partial charge in [0.2, 0.25) is 0 Å². The fourth-order valence-electron chi connectivity index (χ4n) is 4.65. The molecule has 0 aromatic heterocycles. The standard InChI is InChI=1S/C33H33FO4/c1-33(2,3)30-17-22(13-15-27(30)29-19-25(37-4)14-16-31(29)34)21-38-26-12-8-11-24(18-26)28(20-32(35)36)23-9-6-5-7-10-23/h5-19,28H,20-21H2,1-4H3,(H,35,36)/t28-/m0/s1. The third-order valence-electron chi connectivity index (χ3n) is 6.60. The molecule has 0 aliphatic rings. The van der Waals surface area contributed by atoms with Gasteiger partial charge in [0.25, 0.3) is 0 Å². The Bertz CT molecular complexity index is 1410. The molecule has 0 saturated heterocycles. The van der Waals surface area contributed by atoms with E-state index in [1.165, 1.54) is 6.07 Å². The fourth-order valence-corrected chi connectivity index (χ4v) is 4.65. The average molecular weight is 513 g/mol. The van der Waals surface area contributed by atoms with Crippen LogP contribution in [-0.2, 0) is 16.8 Å². The van der Waals surface area contributed by atoms with Gasteiger partial charge in [-0.25, -0.2) is 4.39 Å². The summed E-state index contributed by atoms with van der Waals surface area (Å²) in [6.07, 6.45) is -0.00922. The summed E-state index contributed by atoms with van der Waals surface area (Å²) in [5.74, 6) is -0.167. The quantitative estimate of drug-likeness (QED) is 0.247. The van der Waals surface area contributed by atoms with Crippen LogP contribution in [0.3, 0.4) is 0 Å². The Labute approximate surface area is 223 Å². The largest absolute Gasteiger partial charge is 0.497 e. The van der Waals surface area contributed by atoms with Gasteiger partial charge in [0.05, 0.1) is 13.5 Å². The van der Waals surface area contributed by atoms with Crippen LogP contribution in [0.4, 0.5) is 4.39 Å². The zero-order valence-corrected chi connectivity index (χ0v) is 22.2. The highest BCUT2D eigenvalue weighted by atomic mass is 19.1. The summed E-state index contributed by atoms with van der Waals surface area (Å²) in [4.78, 5) is 11.6. The second kappa shape index (κ2) is 11.5. The zero-order valence-electron chi connectivity index (χ0n) is 22.2. The highest BCUT2D eigenvalue weighted by Gasteiger charge is 2.22. The Kier molecular flexibility index (Phi) is 8.16. The molecule has 0 bridgehead atoms. The normalized spacial score (nSPS) is 12.1. The summed E-state index contributed by atoms with van der Waals surface area (Å²) in [7, 11) is 1.57. The van der Waals surface area contributed by atoms with Crippen molar-refractivity contribution < 1.29 is 23.8 Å². The number of carboxylic acids is 1. The van der Waals surface area contributed by atoms with Gasteiger partial charge in [0, 0.05) is 11.5 Å². The van der Waals surface area contributed by atoms with Crippen LogP contribution < -0.4 is 9.47 Å². The van der Waals surface area contributed by atoms with E-state index in [0.29, 0.717) is 23.7 Å². The average Bonchev–Trinajstić information content (AvgIpc) is 2.91. The lowest BCUT2D eigenvalue weighted by atomic mass is 9.81. The first-order valence-electron chi connectivity index (χ1n) is 12.6. The molecule has 0 fully saturated rings. The van der Waals surface area contributed by atoms with Crippen molar-refractivity contribution in [3.63, 3.8) is 0 Å². The minimum Gasteiger partial charge on any atom is -0.497 e. The van der Waals surface area contributed by atoms with Crippen molar-refractivity contribution >= 4 is 5.97 Å². The van der Waals surface area contributed by atoms with E-state index >= 15 is 0 Å². The molecule has 1 N–H and O–H groups in total. The first-order valence-corrected chi connectivity index (χ1v) is 12.6. The van der Waals surface area contributed by atoms with Crippen LogP contribution in [0.1, 0.15) is 55.4 Å². The number of ether oxygens (including phenoxy) is 2. The predicted molar refractivity (Wildman–Crippen MR) is 148 cm³/mol. The molecule has 1 atom stereocenters. The number of carbonyl (C=O) groups is 1. The molecule has 0 aliphatic heterocycles. The van der Waals surface area contributed by atoms with Crippen LogP contribution in [0.2, 0.25) is 0 Å². The molecule has 4 aromatic rings. The van der Waals surface area contributed by atoms with Gasteiger partial charge in [-0.1, -0.05) is 81.4 Å². The first-order chi connectivity index (χ1) is 18.2. The van der Waals surface area contributed by atoms with Crippen LogP contribution in [-0.4, -0.2) is 18.2 Å². The van der Waals surface area contributed by atoms with Gasteiger partial charge in [-0.2, -0.15) is 0 Å². The molecule has 0 heterocycles. The number of hydrogen-bond donors (Lipinski definition) is 1. The van der Waals surface area contributed by atoms with Crippen molar-refractivity contribution in [3.8, 4) is 22.6 Å². The summed E-state index contributed by atoms with van der Waals surface area (Å²) in [5, 5.41) is 9.51. The maximum absolute atomic E-state index is 14.8. The van der Waals surface area contributed by atoms with Crippen LogP contribution >= 0.6 is 0 Å². The Balaban J connectivity index is 1.61. The number of aliphatic carboxylic acids is 1. The SMILES string of the molecule is COc1ccc(F)c(-c2ccc(COc3cccc([C@@H](CC(=O)O)c4ccccc4)c3)cc2C(C)(C)C)c1. The van der Waals surface area contributed by atoms with Crippen LogP contribution in [0.15, 0.2) is 91.0 Å². The highest BCUT2D eigenvalue weighted by molar-refractivity contribution is 5.71. The number of benzene rings is 4. The number of carboxylic acid groups (broad SMARTS) is 1. The van der Waals surface area contributed by atoms with E-state index in [1.807, 2.05) is 66.7 Å². The maximum Gasteiger partial charge on any atom is 0.304 e. The van der Waals surface area contributed by atoms with Crippen molar-refractivity contribution in [1.29, 1.82) is 0 Å². The van der Waals surface area contributed by atoms with Crippen molar-refractivity contribution in [2.24, 2.45) is 0 Å². The van der Waals surface area contributed by atoms with E-state index in [2.05, 4.69) is 26.8 Å². The van der Waals surface area contributed by atoms with Crippen LogP contribution in [0.25, 0.3) is 11.1 Å². The summed E-state index contributed by atoms with van der Waals surface area (Å²) in [5.41, 5.74) is 4.87. The number of hydrogen-bond acceptors (Lipinski definition) is 3. The lowest BCUT2D eigenvalue weighted by Gasteiger charge is -2.25. The van der Waals surface area contributed by atoms with Crippen molar-refractivity contribution in [2.45, 2.75) is 45.1 Å². The summed E-state index contributed by atoms with van der Waals surface area (Å²) in [6, 6.07) is 28.0. The fraction of sp³-hybridized carbons (Fsp3) is 0.242. The molecular formula is C33H33FO4. The molecule has 4 rings (SSSR count). The molecule has 4 nitrogen and oxygen atoms in total. The highest BCUT2D eigenvalue weighted by Crippen LogP contribution is 2.37. The predicted octanol–water partition coefficient (Wildman–Crippen LogP) is 7.98. The Morgan fingerprint density at radius 1 is 0.842 bits per heavy atom. The van der Waals surface area contributed by atoms with E-state index in [1.54, 1.807) is 19.2 Å². The van der Waals surface area contributed by atoms with Crippen molar-refractivity contribution in [3.05, 3.63) is 119 Å². The minimum atomic E-state index is -0.854. The Hall–Kier alpha value is -4.12. The summed E-state index contributed by atoms with van der Waals surface area (Å²) < 4.78 is 26.3. The Morgan fingerprint density at radius 2 is 1.58 bits per heavy atom. The van der Waals surface area contributed by atoms with Crippen LogP contribution in [0.5, 0.6) is 11.5 Å². The van der Waals surface area contributed by atoms with Crippen molar-refractivity contribution in [2.75, 3.05) is 7.11 Å². The smallest absolute Gasteiger partial charge is 0.304 e. The molecular weight excluding hydrogens is 479 g/mol. The van der Waals surface area contributed by atoms with E-state index < -0.39 is 5.97 Å². The van der Waals surface area contributed by atoms with Gasteiger partial charge in [-0.05, 0) is 63.6 Å². The van der Waals surface area contributed by atoms with E-state index in [4.69, 9.17) is 9.47 Å². The minimum absolute atomic E-state index is 0.00922. The van der Waals surface area contributed by atoms with E-state index in [0.717, 1.165) is 27.8 Å². The maximum atomic E-state index is 14.8. The zero-order chi connectivity index (χ0) is 27.3. The van der Waals surface area contributed by atoms with Crippen LogP contribution in [0, 0.1) is 5.82 Å². The van der Waals surface area contributed by atoms with Gasteiger partial charge in [0.15, 0.2) is 0 Å². The monoisotopic (exact) mass is 512 g/mol. The molecule has 0 amide bonds. The Morgan fingerprint density at radius 3 is 2.26 bits per heavy atom. The molecule has 0 saturated carbocycles. The first kappa shape index (κ1) is 26.9. The molecule has 0 unspecified atom stereocenters. The second-order valence-corrected chi connectivity index (χ2v) is 10.4. The molecule has 196 valence electrons. The summed E-state index contributed by atoms with van der Waals surface area (Å²) in [6.45, 7) is 6.63. The molecule has 0 radical (unpaired) electrons. The lowest BCUT2D eigenvalue weighted by molar-refractivity contribution is -0.137. The van der Waals surface area contributed by atoms with Gasteiger partial charge in [-0.15, -0.1) is 0 Å². The third-order valence-corrected chi connectivity index (χ3v) is 6.60. The third kappa shape index (κ3) is 6.41. The van der Waals surface area contributed by atoms with Gasteiger partial charge < -0.3 is 14.6 Å². The van der Waals surface area contributed by atoms with Crippen molar-refractivity contribution in [1.82, 2.24) is 0 Å². The topological polar surface area (TPSA) is 55.8 Å². The van der Waals surface area contributed by atoms with Gasteiger partial charge in [-0.3, -0.25) is 4.79 Å². The summed E-state index contributed by atoms with van der Waals surface area (Å²) >= 11 is 0. The van der Waals surface area contributed by atoms with E-state index in [9.17, 15) is 14.3 Å². The molecule has 38 heavy (non-hydrogen) atoms. The molecule has 0 aliphatic carbocycles. The number of rotatable bonds is 9. The molecule has 5 heteroatoms. The number of methoxy groups -OCH3 is 1. The van der Waals surface area contributed by atoms with Gasteiger partial charge >= 0.3 is 5.97 Å². The molecule has 4 aromatic carbocycles. The number of halogens is 1. The van der Waals surface area contributed by atoms with Gasteiger partial charge in [0.1, 0.15) is 23.9 Å².